The molecular weight excluding hydrogens is 284 g/mol. The van der Waals surface area contributed by atoms with Gasteiger partial charge in [-0.3, -0.25) is 9.59 Å². The van der Waals surface area contributed by atoms with Crippen molar-refractivity contribution in [3.63, 3.8) is 0 Å². The summed E-state index contributed by atoms with van der Waals surface area (Å²) in [7, 11) is 1.98. The van der Waals surface area contributed by atoms with Crippen molar-refractivity contribution in [3.05, 3.63) is 22.2 Å². The molecule has 0 aliphatic carbocycles. The van der Waals surface area contributed by atoms with Crippen molar-refractivity contribution >= 4 is 39.0 Å². The lowest BCUT2D eigenvalue weighted by atomic mass is 10.1. The summed E-state index contributed by atoms with van der Waals surface area (Å²) in [6.45, 7) is 3.02. The van der Waals surface area contributed by atoms with Gasteiger partial charge in [0.1, 0.15) is 0 Å². The molecular formula is C12H13BrN2O2. The number of hydrogen-bond acceptors (Lipinski definition) is 3. The molecule has 1 aliphatic rings. The van der Waals surface area contributed by atoms with E-state index in [2.05, 4.69) is 33.1 Å². The Bertz CT molecular complexity index is 500. The molecule has 1 aliphatic heterocycles. The van der Waals surface area contributed by atoms with Gasteiger partial charge in [0.05, 0.1) is 16.9 Å². The molecule has 90 valence electrons. The highest BCUT2D eigenvalue weighted by Gasteiger charge is 2.29. The van der Waals surface area contributed by atoms with E-state index in [-0.39, 0.29) is 0 Å². The van der Waals surface area contributed by atoms with Gasteiger partial charge in [0.15, 0.2) is 0 Å². The van der Waals surface area contributed by atoms with E-state index in [0.29, 0.717) is 11.3 Å². The third-order valence-electron chi connectivity index (χ3n) is 2.76. The van der Waals surface area contributed by atoms with Gasteiger partial charge in [-0.1, -0.05) is 6.92 Å². The summed E-state index contributed by atoms with van der Waals surface area (Å²) in [4.78, 5) is 24.9. The van der Waals surface area contributed by atoms with Crippen LogP contribution in [0, 0.1) is 0 Å². The molecule has 1 N–H and O–H groups in total. The number of ketones is 1. The molecule has 0 fully saturated rings. The number of rotatable bonds is 3. The maximum absolute atomic E-state index is 11.5. The summed E-state index contributed by atoms with van der Waals surface area (Å²) >= 11 is 3.43. The van der Waals surface area contributed by atoms with Gasteiger partial charge in [-0.05, 0) is 34.5 Å². The quantitative estimate of drug-likeness (QED) is 0.872. The van der Waals surface area contributed by atoms with Crippen molar-refractivity contribution in [2.45, 2.75) is 13.3 Å². The summed E-state index contributed by atoms with van der Waals surface area (Å²) in [5.74, 6) is -1.02. The molecule has 0 spiro atoms. The second kappa shape index (κ2) is 4.49. The molecule has 0 saturated carbocycles. The summed E-state index contributed by atoms with van der Waals surface area (Å²) in [6.07, 6.45) is 1.03. The van der Waals surface area contributed by atoms with Crippen molar-refractivity contribution in [1.82, 2.24) is 0 Å². The van der Waals surface area contributed by atoms with Crippen LogP contribution in [0.5, 0.6) is 0 Å². The Morgan fingerprint density at radius 3 is 2.71 bits per heavy atom. The summed E-state index contributed by atoms with van der Waals surface area (Å²) in [5, 5.41) is 2.58. The minimum Gasteiger partial charge on any atom is -0.374 e. The minimum absolute atomic E-state index is 0.440. The van der Waals surface area contributed by atoms with Gasteiger partial charge in [-0.25, -0.2) is 0 Å². The molecule has 0 bridgehead atoms. The van der Waals surface area contributed by atoms with Gasteiger partial charge in [-0.15, -0.1) is 0 Å². The zero-order valence-corrected chi connectivity index (χ0v) is 11.3. The number of halogens is 1. The van der Waals surface area contributed by atoms with Crippen LogP contribution in [0.2, 0.25) is 0 Å². The van der Waals surface area contributed by atoms with Crippen LogP contribution in [-0.4, -0.2) is 25.3 Å². The van der Waals surface area contributed by atoms with Gasteiger partial charge < -0.3 is 10.2 Å². The standard InChI is InChI=1S/C12H13BrN2O2/c1-3-4-15(2)10-6-9-7(5-8(10)13)11(16)12(17)14-9/h5-6H,3-4H2,1-2H3,(H,14,16,17). The average molecular weight is 297 g/mol. The number of anilines is 2. The monoisotopic (exact) mass is 296 g/mol. The number of carbonyl (C=O) groups is 2. The number of benzene rings is 1. The Morgan fingerprint density at radius 1 is 1.35 bits per heavy atom. The number of hydrogen-bond donors (Lipinski definition) is 1. The number of amides is 1. The fourth-order valence-electron chi connectivity index (χ4n) is 1.90. The molecule has 1 heterocycles. The number of fused-ring (bicyclic) bond motifs is 1. The zero-order chi connectivity index (χ0) is 12.6. The third-order valence-corrected chi connectivity index (χ3v) is 3.39. The highest BCUT2D eigenvalue weighted by atomic mass is 79.9. The first kappa shape index (κ1) is 12.1. The number of nitrogens with zero attached hydrogens (tertiary/aromatic N) is 1. The fraction of sp³-hybridized carbons (Fsp3) is 0.333. The lowest BCUT2D eigenvalue weighted by Crippen LogP contribution is -2.18. The van der Waals surface area contributed by atoms with E-state index in [9.17, 15) is 9.59 Å². The first-order valence-corrected chi connectivity index (χ1v) is 6.24. The zero-order valence-electron chi connectivity index (χ0n) is 9.71. The van der Waals surface area contributed by atoms with Crippen LogP contribution in [0.3, 0.4) is 0 Å². The van der Waals surface area contributed by atoms with Crippen LogP contribution in [0.4, 0.5) is 11.4 Å². The van der Waals surface area contributed by atoms with Gasteiger partial charge in [0, 0.05) is 18.1 Å². The van der Waals surface area contributed by atoms with Crippen LogP contribution in [0.1, 0.15) is 23.7 Å². The normalized spacial score (nSPS) is 13.6. The largest absolute Gasteiger partial charge is 0.374 e. The maximum Gasteiger partial charge on any atom is 0.296 e. The van der Waals surface area contributed by atoms with Crippen molar-refractivity contribution in [2.75, 3.05) is 23.8 Å². The van der Waals surface area contributed by atoms with Crippen LogP contribution in [0.15, 0.2) is 16.6 Å². The lowest BCUT2D eigenvalue weighted by molar-refractivity contribution is -0.112. The molecule has 1 aromatic rings. The van der Waals surface area contributed by atoms with E-state index in [1.54, 1.807) is 6.07 Å². The Hall–Kier alpha value is -1.36. The van der Waals surface area contributed by atoms with Gasteiger partial charge in [0.25, 0.3) is 11.7 Å². The van der Waals surface area contributed by atoms with Crippen molar-refractivity contribution in [1.29, 1.82) is 0 Å². The molecule has 0 atom stereocenters. The molecule has 0 radical (unpaired) electrons. The van der Waals surface area contributed by atoms with Gasteiger partial charge in [0.2, 0.25) is 0 Å². The Balaban J connectivity index is 2.43. The molecule has 17 heavy (non-hydrogen) atoms. The van der Waals surface area contributed by atoms with Crippen LogP contribution < -0.4 is 10.2 Å². The minimum atomic E-state index is -0.554. The summed E-state index contributed by atoms with van der Waals surface area (Å²) < 4.78 is 0.831. The average Bonchev–Trinajstić information content (AvgIpc) is 2.55. The van der Waals surface area contributed by atoms with E-state index >= 15 is 0 Å². The summed E-state index contributed by atoms with van der Waals surface area (Å²) in [5.41, 5.74) is 2.01. The number of carbonyl (C=O) groups excluding carboxylic acids is 2. The first-order valence-electron chi connectivity index (χ1n) is 5.45. The van der Waals surface area contributed by atoms with E-state index in [0.717, 1.165) is 23.1 Å². The topological polar surface area (TPSA) is 49.4 Å². The molecule has 0 aromatic heterocycles. The van der Waals surface area contributed by atoms with Crippen molar-refractivity contribution in [2.24, 2.45) is 0 Å². The fourth-order valence-corrected chi connectivity index (χ4v) is 2.55. The molecule has 0 saturated heterocycles. The second-order valence-corrected chi connectivity index (χ2v) is 4.91. The molecule has 1 aromatic carbocycles. The second-order valence-electron chi connectivity index (χ2n) is 4.05. The molecule has 0 unspecified atom stereocenters. The third kappa shape index (κ3) is 2.07. The first-order chi connectivity index (χ1) is 8.04. The predicted molar refractivity (Wildman–Crippen MR) is 70.7 cm³/mol. The highest BCUT2D eigenvalue weighted by molar-refractivity contribution is 9.10. The number of nitrogens with one attached hydrogen (secondary N) is 1. The van der Waals surface area contributed by atoms with Crippen molar-refractivity contribution < 1.29 is 9.59 Å². The van der Waals surface area contributed by atoms with Crippen LogP contribution >= 0.6 is 15.9 Å². The Kier molecular flexibility index (Phi) is 3.19. The van der Waals surface area contributed by atoms with E-state index < -0.39 is 11.7 Å². The Labute approximate surface area is 108 Å². The van der Waals surface area contributed by atoms with E-state index in [4.69, 9.17) is 0 Å². The molecule has 2 rings (SSSR count). The van der Waals surface area contributed by atoms with Gasteiger partial charge >= 0.3 is 0 Å². The lowest BCUT2D eigenvalue weighted by Gasteiger charge is -2.20. The summed E-state index contributed by atoms with van der Waals surface area (Å²) in [6, 6.07) is 3.54. The van der Waals surface area contributed by atoms with E-state index in [1.165, 1.54) is 0 Å². The SMILES string of the molecule is CCCN(C)c1cc2c(cc1Br)C(=O)C(=O)N2. The Morgan fingerprint density at radius 2 is 2.06 bits per heavy atom. The van der Waals surface area contributed by atoms with Crippen LogP contribution in [0.25, 0.3) is 0 Å². The van der Waals surface area contributed by atoms with Crippen LogP contribution in [-0.2, 0) is 4.79 Å². The molecule has 4 nitrogen and oxygen atoms in total. The number of Topliss-reactive ketones (excluding diaryl/α,β-unsaturated/α-hetero) is 1. The predicted octanol–water partition coefficient (Wildman–Crippen LogP) is 2.43. The smallest absolute Gasteiger partial charge is 0.296 e. The van der Waals surface area contributed by atoms with Crippen molar-refractivity contribution in [3.8, 4) is 0 Å². The maximum atomic E-state index is 11.5. The molecule has 5 heteroatoms. The van der Waals surface area contributed by atoms with Gasteiger partial charge in [-0.2, -0.15) is 0 Å². The molecule has 1 amide bonds. The van der Waals surface area contributed by atoms with E-state index in [1.807, 2.05) is 13.1 Å². The highest BCUT2D eigenvalue weighted by Crippen LogP contribution is 2.34.